The number of methoxy groups -OCH3 is 1. The molecule has 0 fully saturated rings. The van der Waals surface area contributed by atoms with Gasteiger partial charge >= 0.3 is 11.9 Å². The fourth-order valence-electron chi connectivity index (χ4n) is 1.19. The van der Waals surface area contributed by atoms with Crippen LogP contribution in [0.15, 0.2) is 0 Å². The highest BCUT2D eigenvalue weighted by Crippen LogP contribution is 2.13. The van der Waals surface area contributed by atoms with Gasteiger partial charge in [0, 0.05) is 0 Å². The summed E-state index contributed by atoms with van der Waals surface area (Å²) in [5.41, 5.74) is -0.350. The first-order chi connectivity index (χ1) is 8.69. The molecule has 2 atom stereocenters. The minimum atomic E-state index is -0.604. The molecule has 0 saturated carbocycles. The number of hydrogen-bond donors (Lipinski definition) is 0. The molecule has 0 aliphatic heterocycles. The molecule has 0 aromatic carbocycles. The molecular weight excluding hydrogens is 248 g/mol. The fourth-order valence-corrected chi connectivity index (χ4v) is 1.19. The van der Waals surface area contributed by atoms with Gasteiger partial charge < -0.3 is 14.2 Å². The van der Waals surface area contributed by atoms with Gasteiger partial charge in [0.05, 0.1) is 31.7 Å². The minimum absolute atomic E-state index is 0.00868. The summed E-state index contributed by atoms with van der Waals surface area (Å²) in [6.07, 6.45) is 0.103. The van der Waals surface area contributed by atoms with Crippen molar-refractivity contribution in [3.05, 3.63) is 0 Å². The molecule has 0 heterocycles. The van der Waals surface area contributed by atoms with Crippen LogP contribution < -0.4 is 0 Å². The maximum Gasteiger partial charge on any atom is 0.309 e. The third kappa shape index (κ3) is 8.59. The Morgan fingerprint density at radius 2 is 1.79 bits per heavy atom. The van der Waals surface area contributed by atoms with E-state index in [1.165, 1.54) is 7.11 Å². The van der Waals surface area contributed by atoms with Gasteiger partial charge in [0.1, 0.15) is 6.10 Å². The Kier molecular flexibility index (Phi) is 7.68. The molecule has 5 heteroatoms. The molecule has 0 aromatic rings. The van der Waals surface area contributed by atoms with Crippen LogP contribution in [0.3, 0.4) is 0 Å². The lowest BCUT2D eigenvalue weighted by molar-refractivity contribution is -0.164. The van der Waals surface area contributed by atoms with Crippen LogP contribution in [0.2, 0.25) is 0 Å². The summed E-state index contributed by atoms with van der Waals surface area (Å²) >= 11 is 0. The summed E-state index contributed by atoms with van der Waals surface area (Å²) in [5.74, 6) is -0.914. The predicted molar refractivity (Wildman–Crippen MR) is 71.7 cm³/mol. The van der Waals surface area contributed by atoms with E-state index in [0.29, 0.717) is 6.42 Å². The van der Waals surface area contributed by atoms with Crippen molar-refractivity contribution in [1.82, 2.24) is 0 Å². The number of carbonyl (C=O) groups is 2. The number of hydrogen-bond acceptors (Lipinski definition) is 5. The van der Waals surface area contributed by atoms with Gasteiger partial charge in [0.25, 0.3) is 0 Å². The third-order valence-electron chi connectivity index (χ3n) is 2.62. The van der Waals surface area contributed by atoms with Gasteiger partial charge in [-0.05, 0) is 27.2 Å². The third-order valence-corrected chi connectivity index (χ3v) is 2.62. The van der Waals surface area contributed by atoms with Crippen molar-refractivity contribution in [3.8, 4) is 0 Å². The van der Waals surface area contributed by atoms with Gasteiger partial charge in [0.2, 0.25) is 0 Å². The van der Waals surface area contributed by atoms with Gasteiger partial charge in [0.15, 0.2) is 0 Å². The molecule has 0 N–H and O–H groups in total. The summed E-state index contributed by atoms with van der Waals surface area (Å²) in [6.45, 7) is 9.59. The Bertz CT molecular complexity index is 293. The zero-order chi connectivity index (χ0) is 15.1. The molecule has 112 valence electrons. The van der Waals surface area contributed by atoms with Crippen LogP contribution >= 0.6 is 0 Å². The van der Waals surface area contributed by atoms with Crippen molar-refractivity contribution in [2.75, 3.05) is 13.7 Å². The predicted octanol–water partition coefficient (Wildman–Crippen LogP) is 2.32. The van der Waals surface area contributed by atoms with E-state index in [9.17, 15) is 9.59 Å². The van der Waals surface area contributed by atoms with E-state index in [0.717, 1.165) is 0 Å². The second-order valence-electron chi connectivity index (χ2n) is 5.57. The van der Waals surface area contributed by atoms with E-state index in [1.54, 1.807) is 6.92 Å². The zero-order valence-electron chi connectivity index (χ0n) is 12.8. The highest BCUT2D eigenvalue weighted by atomic mass is 16.6. The number of ether oxygens (including phenoxy) is 3. The maximum atomic E-state index is 11.7. The Hall–Kier alpha value is -1.10. The molecule has 0 amide bonds. The zero-order valence-corrected chi connectivity index (χ0v) is 12.8. The van der Waals surface area contributed by atoms with E-state index in [-0.39, 0.29) is 30.5 Å². The van der Waals surface area contributed by atoms with E-state index >= 15 is 0 Å². The normalized spacial score (nSPS) is 14.6. The Morgan fingerprint density at radius 1 is 1.21 bits per heavy atom. The SMILES string of the molecule is CCC(C)C(=O)OC(COC(C)(C)C)CC(=O)OC. The molecule has 2 unspecified atom stereocenters. The second kappa shape index (κ2) is 8.15. The average Bonchev–Trinajstić information content (AvgIpc) is 2.33. The van der Waals surface area contributed by atoms with E-state index in [2.05, 4.69) is 4.74 Å². The van der Waals surface area contributed by atoms with Crippen LogP contribution in [0.5, 0.6) is 0 Å². The van der Waals surface area contributed by atoms with Gasteiger partial charge in [-0.3, -0.25) is 9.59 Å². The van der Waals surface area contributed by atoms with Crippen LogP contribution in [0.4, 0.5) is 0 Å². The van der Waals surface area contributed by atoms with E-state index in [4.69, 9.17) is 9.47 Å². The standard InChI is InChI=1S/C14H26O5/c1-7-10(2)13(16)19-11(8-12(15)17-6)9-18-14(3,4)5/h10-11H,7-9H2,1-6H3. The molecule has 5 nitrogen and oxygen atoms in total. The van der Waals surface area contributed by atoms with Crippen molar-refractivity contribution >= 4 is 11.9 Å². The molecule has 0 aromatic heterocycles. The Morgan fingerprint density at radius 3 is 2.21 bits per heavy atom. The van der Waals surface area contributed by atoms with Crippen molar-refractivity contribution < 1.29 is 23.8 Å². The Balaban J connectivity index is 4.49. The van der Waals surface area contributed by atoms with Crippen molar-refractivity contribution in [1.29, 1.82) is 0 Å². The summed E-state index contributed by atoms with van der Waals surface area (Å²) in [7, 11) is 1.31. The van der Waals surface area contributed by atoms with Crippen LogP contribution in [-0.4, -0.2) is 37.4 Å². The first-order valence-corrected chi connectivity index (χ1v) is 6.60. The molecule has 0 saturated heterocycles. The Labute approximate surface area is 115 Å². The summed E-state index contributed by atoms with van der Waals surface area (Å²) in [4.78, 5) is 23.0. The first-order valence-electron chi connectivity index (χ1n) is 6.60. The topological polar surface area (TPSA) is 61.8 Å². The van der Waals surface area contributed by atoms with Crippen LogP contribution in [0, 0.1) is 5.92 Å². The quantitative estimate of drug-likeness (QED) is 0.667. The minimum Gasteiger partial charge on any atom is -0.469 e. The van der Waals surface area contributed by atoms with E-state index in [1.807, 2.05) is 27.7 Å². The summed E-state index contributed by atoms with van der Waals surface area (Å²) in [5, 5.41) is 0. The average molecular weight is 274 g/mol. The molecule has 0 bridgehead atoms. The largest absolute Gasteiger partial charge is 0.469 e. The molecule has 0 rings (SSSR count). The summed E-state index contributed by atoms with van der Waals surface area (Å²) in [6, 6.07) is 0. The lowest BCUT2D eigenvalue weighted by Crippen LogP contribution is -2.33. The highest BCUT2D eigenvalue weighted by molar-refractivity contribution is 5.73. The molecule has 0 aliphatic rings. The molecular formula is C14H26O5. The molecule has 0 spiro atoms. The molecule has 0 aliphatic carbocycles. The monoisotopic (exact) mass is 274 g/mol. The van der Waals surface area contributed by atoms with Gasteiger partial charge in [-0.15, -0.1) is 0 Å². The van der Waals surface area contributed by atoms with Gasteiger partial charge in [-0.25, -0.2) is 0 Å². The fraction of sp³-hybridized carbons (Fsp3) is 0.857. The van der Waals surface area contributed by atoms with Crippen molar-refractivity contribution in [2.24, 2.45) is 5.92 Å². The number of esters is 2. The van der Waals surface area contributed by atoms with Gasteiger partial charge in [-0.1, -0.05) is 13.8 Å². The highest BCUT2D eigenvalue weighted by Gasteiger charge is 2.24. The lowest BCUT2D eigenvalue weighted by Gasteiger charge is -2.24. The van der Waals surface area contributed by atoms with E-state index < -0.39 is 12.1 Å². The summed E-state index contributed by atoms with van der Waals surface area (Å²) < 4.78 is 15.5. The van der Waals surface area contributed by atoms with Crippen molar-refractivity contribution in [3.63, 3.8) is 0 Å². The van der Waals surface area contributed by atoms with Crippen LogP contribution in [-0.2, 0) is 23.8 Å². The number of rotatable bonds is 7. The van der Waals surface area contributed by atoms with Gasteiger partial charge in [-0.2, -0.15) is 0 Å². The molecule has 0 radical (unpaired) electrons. The smallest absolute Gasteiger partial charge is 0.309 e. The number of carbonyl (C=O) groups excluding carboxylic acids is 2. The molecule has 19 heavy (non-hydrogen) atoms. The van der Waals surface area contributed by atoms with Crippen LogP contribution in [0.1, 0.15) is 47.5 Å². The maximum absolute atomic E-state index is 11.7. The second-order valence-corrected chi connectivity index (χ2v) is 5.57. The van der Waals surface area contributed by atoms with Crippen LogP contribution in [0.25, 0.3) is 0 Å². The lowest BCUT2D eigenvalue weighted by atomic mass is 10.1. The first kappa shape index (κ1) is 17.9. The van der Waals surface area contributed by atoms with Crippen molar-refractivity contribution in [2.45, 2.75) is 59.2 Å².